The zero-order valence-corrected chi connectivity index (χ0v) is 18.1. The molecular formula is C21H21BiO3. The van der Waals surface area contributed by atoms with Crippen molar-refractivity contribution in [1.29, 1.82) is 0 Å². The standard InChI is InChI=1S/3C7H8O.Bi/c3*1-6-2-4-7(8)5-3-6;/h3*2-5,8H,1H3;/q;;;+3/p-3. The van der Waals surface area contributed by atoms with Gasteiger partial charge in [-0.2, -0.15) is 0 Å². The zero-order chi connectivity index (χ0) is 17.6. The Morgan fingerprint density at radius 2 is 0.680 bits per heavy atom. The van der Waals surface area contributed by atoms with E-state index in [9.17, 15) is 0 Å². The fourth-order valence-electron chi connectivity index (χ4n) is 2.11. The summed E-state index contributed by atoms with van der Waals surface area (Å²) in [6.07, 6.45) is 0. The van der Waals surface area contributed by atoms with Crippen molar-refractivity contribution in [3.05, 3.63) is 89.5 Å². The molecule has 0 N–H and O–H groups in total. The molecule has 3 rings (SSSR count). The van der Waals surface area contributed by atoms with Crippen molar-refractivity contribution < 1.29 is 8.44 Å². The molecule has 0 aromatic heterocycles. The summed E-state index contributed by atoms with van der Waals surface area (Å²) in [5, 5.41) is 0. The number of aryl methyl sites for hydroxylation is 3. The van der Waals surface area contributed by atoms with Crippen LogP contribution in [-0.4, -0.2) is 23.1 Å². The fourth-order valence-corrected chi connectivity index (χ4v) is 5.97. The summed E-state index contributed by atoms with van der Waals surface area (Å²) in [6, 6.07) is 23.9. The molecule has 3 aromatic carbocycles. The van der Waals surface area contributed by atoms with Gasteiger partial charge in [0.2, 0.25) is 0 Å². The zero-order valence-electron chi connectivity index (χ0n) is 14.6. The summed E-state index contributed by atoms with van der Waals surface area (Å²) in [7, 11) is 0. The Morgan fingerprint density at radius 3 is 0.920 bits per heavy atom. The molecule has 0 aliphatic carbocycles. The topological polar surface area (TPSA) is 27.7 Å². The van der Waals surface area contributed by atoms with Crippen LogP contribution in [0.4, 0.5) is 0 Å². The SMILES string of the molecule is Cc1ccc([O][Bi]([O]c2ccc(C)cc2)[O]c2ccc(C)cc2)cc1. The van der Waals surface area contributed by atoms with E-state index < -0.39 is 23.1 Å². The van der Waals surface area contributed by atoms with Crippen LogP contribution in [0.1, 0.15) is 16.7 Å². The third-order valence-corrected chi connectivity index (χ3v) is 7.80. The first-order chi connectivity index (χ1) is 12.1. The van der Waals surface area contributed by atoms with Crippen LogP contribution in [0.2, 0.25) is 0 Å². The van der Waals surface area contributed by atoms with Gasteiger partial charge in [0.1, 0.15) is 0 Å². The average Bonchev–Trinajstić information content (AvgIpc) is 2.61. The average molecular weight is 530 g/mol. The Labute approximate surface area is 158 Å². The van der Waals surface area contributed by atoms with Gasteiger partial charge in [-0.15, -0.1) is 0 Å². The van der Waals surface area contributed by atoms with Gasteiger partial charge < -0.3 is 0 Å². The molecule has 3 nitrogen and oxygen atoms in total. The third-order valence-electron chi connectivity index (χ3n) is 3.60. The van der Waals surface area contributed by atoms with E-state index in [1.165, 1.54) is 16.7 Å². The van der Waals surface area contributed by atoms with Crippen molar-refractivity contribution in [3.63, 3.8) is 0 Å². The predicted octanol–water partition coefficient (Wildman–Crippen LogP) is 5.13. The minimum atomic E-state index is -3.20. The Hall–Kier alpha value is -2.06. The minimum absolute atomic E-state index is 0.780. The first-order valence-corrected chi connectivity index (χ1v) is 12.4. The monoisotopic (exact) mass is 530 g/mol. The number of rotatable bonds is 6. The van der Waals surface area contributed by atoms with Crippen LogP contribution in [0, 0.1) is 20.8 Å². The van der Waals surface area contributed by atoms with Crippen LogP contribution in [0.15, 0.2) is 72.8 Å². The van der Waals surface area contributed by atoms with Gasteiger partial charge in [0, 0.05) is 0 Å². The van der Waals surface area contributed by atoms with Crippen LogP contribution in [0.25, 0.3) is 0 Å². The summed E-state index contributed by atoms with van der Waals surface area (Å²) < 4.78 is 18.3. The Kier molecular flexibility index (Phi) is 5.93. The normalized spacial score (nSPS) is 10.6. The molecule has 0 spiro atoms. The van der Waals surface area contributed by atoms with Crippen LogP contribution in [0.3, 0.4) is 0 Å². The summed E-state index contributed by atoms with van der Waals surface area (Å²) in [6.45, 7) is 6.15. The molecule has 0 saturated carbocycles. The van der Waals surface area contributed by atoms with Gasteiger partial charge in [0.15, 0.2) is 0 Å². The molecule has 0 unspecified atom stereocenters. The molecule has 25 heavy (non-hydrogen) atoms. The number of benzene rings is 3. The molecule has 3 aromatic rings. The van der Waals surface area contributed by atoms with E-state index in [4.69, 9.17) is 8.44 Å². The molecule has 0 saturated heterocycles. The van der Waals surface area contributed by atoms with Gasteiger partial charge in [0.05, 0.1) is 0 Å². The van der Waals surface area contributed by atoms with E-state index in [0.717, 1.165) is 17.2 Å². The van der Waals surface area contributed by atoms with Crippen LogP contribution >= 0.6 is 0 Å². The molecule has 0 amide bonds. The molecular weight excluding hydrogens is 509 g/mol. The second-order valence-corrected chi connectivity index (χ2v) is 9.80. The number of hydrogen-bond donors (Lipinski definition) is 0. The van der Waals surface area contributed by atoms with Crippen molar-refractivity contribution >= 4 is 23.1 Å². The van der Waals surface area contributed by atoms with Crippen molar-refractivity contribution in [2.45, 2.75) is 20.8 Å². The first kappa shape index (κ1) is 17.8. The van der Waals surface area contributed by atoms with E-state index in [1.54, 1.807) is 0 Å². The van der Waals surface area contributed by atoms with Gasteiger partial charge in [-0.05, 0) is 0 Å². The molecule has 0 heterocycles. The molecule has 0 bridgehead atoms. The van der Waals surface area contributed by atoms with Crippen molar-refractivity contribution in [1.82, 2.24) is 0 Å². The maximum absolute atomic E-state index is 6.10. The molecule has 0 radical (unpaired) electrons. The van der Waals surface area contributed by atoms with Gasteiger partial charge in [-0.3, -0.25) is 0 Å². The molecule has 0 atom stereocenters. The van der Waals surface area contributed by atoms with Gasteiger partial charge in [-0.25, -0.2) is 0 Å². The van der Waals surface area contributed by atoms with Crippen LogP contribution in [-0.2, 0) is 0 Å². The van der Waals surface area contributed by atoms with E-state index in [-0.39, 0.29) is 0 Å². The Bertz CT molecular complexity index is 683. The Morgan fingerprint density at radius 1 is 0.440 bits per heavy atom. The van der Waals surface area contributed by atoms with Gasteiger partial charge >= 0.3 is 159 Å². The molecule has 0 fully saturated rings. The Balaban J connectivity index is 1.77. The van der Waals surface area contributed by atoms with Crippen molar-refractivity contribution in [2.24, 2.45) is 0 Å². The maximum atomic E-state index is 6.10. The summed E-state index contributed by atoms with van der Waals surface area (Å²) in [4.78, 5) is 0. The van der Waals surface area contributed by atoms with Gasteiger partial charge in [0.25, 0.3) is 0 Å². The molecule has 0 aliphatic rings. The first-order valence-electron chi connectivity index (χ1n) is 8.12. The van der Waals surface area contributed by atoms with E-state index in [2.05, 4.69) is 20.8 Å². The molecule has 0 aliphatic heterocycles. The second-order valence-electron chi connectivity index (χ2n) is 5.94. The van der Waals surface area contributed by atoms with Crippen LogP contribution < -0.4 is 8.44 Å². The van der Waals surface area contributed by atoms with Crippen molar-refractivity contribution in [3.8, 4) is 17.2 Å². The fraction of sp³-hybridized carbons (Fsp3) is 0.143. The second kappa shape index (κ2) is 8.35. The van der Waals surface area contributed by atoms with E-state index in [0.29, 0.717) is 0 Å². The molecule has 128 valence electrons. The van der Waals surface area contributed by atoms with Gasteiger partial charge in [-0.1, -0.05) is 0 Å². The third kappa shape index (κ3) is 5.47. The summed E-state index contributed by atoms with van der Waals surface area (Å²) in [5.74, 6) is 2.34. The number of hydrogen-bond acceptors (Lipinski definition) is 3. The van der Waals surface area contributed by atoms with E-state index >= 15 is 0 Å². The van der Waals surface area contributed by atoms with Crippen LogP contribution in [0.5, 0.6) is 17.2 Å². The quantitative estimate of drug-likeness (QED) is 0.414. The molecule has 4 heteroatoms. The summed E-state index contributed by atoms with van der Waals surface area (Å²) in [5.41, 5.74) is 3.58. The van der Waals surface area contributed by atoms with E-state index in [1.807, 2.05) is 72.8 Å². The predicted molar refractivity (Wildman–Crippen MR) is 101 cm³/mol. The summed E-state index contributed by atoms with van der Waals surface area (Å²) >= 11 is -3.20. The van der Waals surface area contributed by atoms with Crippen molar-refractivity contribution in [2.75, 3.05) is 0 Å².